The highest BCUT2D eigenvalue weighted by Crippen LogP contribution is 2.26. The summed E-state index contributed by atoms with van der Waals surface area (Å²) in [5, 5.41) is 3.82. The molecular formula is C19H19N3OS. The number of rotatable bonds is 5. The minimum atomic E-state index is 0.00916. The van der Waals surface area contributed by atoms with Gasteiger partial charge in [-0.25, -0.2) is 4.98 Å². The normalized spacial score (nSPS) is 10.6. The molecule has 3 aromatic rings. The summed E-state index contributed by atoms with van der Waals surface area (Å²) in [6.45, 7) is 4.53. The molecule has 1 N–H and O–H groups in total. The van der Waals surface area contributed by atoms with Crippen molar-refractivity contribution in [2.24, 2.45) is 0 Å². The summed E-state index contributed by atoms with van der Waals surface area (Å²) in [6.07, 6.45) is 2.10. The zero-order chi connectivity index (χ0) is 16.9. The lowest BCUT2D eigenvalue weighted by Crippen LogP contribution is -2.24. The van der Waals surface area contributed by atoms with Crippen molar-refractivity contribution in [3.05, 3.63) is 70.4 Å². The molecule has 1 aromatic carbocycles. The van der Waals surface area contributed by atoms with Crippen LogP contribution in [0.1, 0.15) is 21.7 Å². The molecule has 0 fully saturated rings. The minimum absolute atomic E-state index is 0.00916. The van der Waals surface area contributed by atoms with Crippen molar-refractivity contribution in [1.82, 2.24) is 15.3 Å². The summed E-state index contributed by atoms with van der Waals surface area (Å²) in [4.78, 5) is 22.0. The smallest absolute Gasteiger partial charge is 0.225 e. The van der Waals surface area contributed by atoms with Crippen molar-refractivity contribution in [3.63, 3.8) is 0 Å². The number of hydrogen-bond donors (Lipinski definition) is 1. The van der Waals surface area contributed by atoms with Gasteiger partial charge in [0.25, 0.3) is 0 Å². The van der Waals surface area contributed by atoms with E-state index in [4.69, 9.17) is 0 Å². The number of thiazole rings is 1. The van der Waals surface area contributed by atoms with Gasteiger partial charge in [0.05, 0.1) is 17.8 Å². The number of hydrogen-bond acceptors (Lipinski definition) is 4. The molecule has 0 aliphatic carbocycles. The number of aromatic nitrogens is 2. The van der Waals surface area contributed by atoms with Gasteiger partial charge in [-0.2, -0.15) is 0 Å². The fraction of sp³-hybridized carbons (Fsp3) is 0.211. The lowest BCUT2D eigenvalue weighted by atomic mass is 10.1. The van der Waals surface area contributed by atoms with Crippen molar-refractivity contribution in [2.75, 3.05) is 0 Å². The molecule has 0 unspecified atom stereocenters. The summed E-state index contributed by atoms with van der Waals surface area (Å²) in [5.74, 6) is 0.00916. The predicted octanol–water partition coefficient (Wildman–Crippen LogP) is 3.68. The molecule has 0 saturated carbocycles. The summed E-state index contributed by atoms with van der Waals surface area (Å²) in [5.41, 5.74) is 4.06. The second kappa shape index (κ2) is 7.36. The Morgan fingerprint density at radius 2 is 1.92 bits per heavy atom. The lowest BCUT2D eigenvalue weighted by molar-refractivity contribution is -0.120. The van der Waals surface area contributed by atoms with Gasteiger partial charge in [-0.05, 0) is 31.5 Å². The van der Waals surface area contributed by atoms with Crippen LogP contribution in [0.25, 0.3) is 10.7 Å². The van der Waals surface area contributed by atoms with Crippen LogP contribution in [0.5, 0.6) is 0 Å². The van der Waals surface area contributed by atoms with E-state index in [2.05, 4.69) is 15.3 Å². The Kier molecular flexibility index (Phi) is 5.01. The molecule has 1 amide bonds. The maximum atomic E-state index is 12.2. The van der Waals surface area contributed by atoms with Gasteiger partial charge in [-0.15, -0.1) is 11.3 Å². The van der Waals surface area contributed by atoms with E-state index < -0.39 is 0 Å². The number of benzene rings is 1. The lowest BCUT2D eigenvalue weighted by Gasteiger charge is -2.05. The maximum Gasteiger partial charge on any atom is 0.225 e. The molecule has 24 heavy (non-hydrogen) atoms. The Morgan fingerprint density at radius 3 is 2.62 bits per heavy atom. The topological polar surface area (TPSA) is 54.9 Å². The molecule has 0 atom stereocenters. The Balaban J connectivity index is 1.62. The molecule has 0 bridgehead atoms. The third kappa shape index (κ3) is 4.06. The average Bonchev–Trinajstić information content (AvgIpc) is 2.96. The molecule has 4 nitrogen and oxygen atoms in total. The van der Waals surface area contributed by atoms with Crippen LogP contribution in [0, 0.1) is 13.8 Å². The first-order valence-corrected chi connectivity index (χ1v) is 8.63. The number of aryl methyl sites for hydroxylation is 2. The first kappa shape index (κ1) is 16.3. The number of carbonyl (C=O) groups excluding carboxylic acids is 1. The Bertz CT molecular complexity index is 826. The van der Waals surface area contributed by atoms with E-state index in [1.807, 2.05) is 56.3 Å². The van der Waals surface area contributed by atoms with E-state index in [0.717, 1.165) is 26.8 Å². The van der Waals surface area contributed by atoms with Gasteiger partial charge in [0.2, 0.25) is 5.91 Å². The molecule has 0 radical (unpaired) electrons. The highest BCUT2D eigenvalue weighted by atomic mass is 32.1. The van der Waals surface area contributed by atoms with Gasteiger partial charge in [0.1, 0.15) is 5.01 Å². The van der Waals surface area contributed by atoms with Crippen molar-refractivity contribution in [2.45, 2.75) is 26.8 Å². The number of amides is 1. The average molecular weight is 337 g/mol. The number of nitrogens with zero attached hydrogens (tertiary/aromatic N) is 2. The summed E-state index contributed by atoms with van der Waals surface area (Å²) in [6, 6.07) is 13.9. The number of pyridine rings is 1. The third-order valence-corrected chi connectivity index (χ3v) is 4.89. The molecule has 2 aromatic heterocycles. The Hall–Kier alpha value is -2.53. The van der Waals surface area contributed by atoms with Crippen LogP contribution in [-0.4, -0.2) is 15.9 Å². The van der Waals surface area contributed by atoms with Gasteiger partial charge in [-0.3, -0.25) is 9.78 Å². The molecule has 2 heterocycles. The number of nitrogens with one attached hydrogen (secondary N) is 1. The predicted molar refractivity (Wildman–Crippen MR) is 96.8 cm³/mol. The monoisotopic (exact) mass is 337 g/mol. The molecule has 3 rings (SSSR count). The SMILES string of the molecule is Cc1ccc(CNC(=O)Cc2sc(-c3ccccn3)nc2C)cc1. The molecule has 122 valence electrons. The van der Waals surface area contributed by atoms with Crippen LogP contribution in [0.15, 0.2) is 48.7 Å². The fourth-order valence-electron chi connectivity index (χ4n) is 2.31. The molecule has 0 saturated heterocycles. The van der Waals surface area contributed by atoms with Crippen LogP contribution < -0.4 is 5.32 Å². The van der Waals surface area contributed by atoms with Crippen LogP contribution in [-0.2, 0) is 17.8 Å². The van der Waals surface area contributed by atoms with Crippen LogP contribution in [0.3, 0.4) is 0 Å². The fourth-order valence-corrected chi connectivity index (χ4v) is 3.34. The van der Waals surface area contributed by atoms with E-state index in [-0.39, 0.29) is 5.91 Å². The highest BCUT2D eigenvalue weighted by Gasteiger charge is 2.13. The molecule has 0 aliphatic rings. The first-order chi connectivity index (χ1) is 11.6. The second-order valence-corrected chi connectivity index (χ2v) is 6.77. The van der Waals surface area contributed by atoms with Crippen molar-refractivity contribution < 1.29 is 4.79 Å². The summed E-state index contributed by atoms with van der Waals surface area (Å²) < 4.78 is 0. The second-order valence-electron chi connectivity index (χ2n) is 5.68. The van der Waals surface area contributed by atoms with Crippen molar-refractivity contribution in [3.8, 4) is 10.7 Å². The maximum absolute atomic E-state index is 12.2. The van der Waals surface area contributed by atoms with Crippen LogP contribution >= 0.6 is 11.3 Å². The van der Waals surface area contributed by atoms with Crippen molar-refractivity contribution in [1.29, 1.82) is 0 Å². The zero-order valence-corrected chi connectivity index (χ0v) is 14.6. The van der Waals surface area contributed by atoms with Crippen LogP contribution in [0.4, 0.5) is 0 Å². The summed E-state index contributed by atoms with van der Waals surface area (Å²) >= 11 is 1.53. The highest BCUT2D eigenvalue weighted by molar-refractivity contribution is 7.15. The van der Waals surface area contributed by atoms with E-state index in [1.54, 1.807) is 6.20 Å². The first-order valence-electron chi connectivity index (χ1n) is 7.82. The Morgan fingerprint density at radius 1 is 1.12 bits per heavy atom. The van der Waals surface area contributed by atoms with Gasteiger partial charge >= 0.3 is 0 Å². The van der Waals surface area contributed by atoms with Gasteiger partial charge in [0.15, 0.2) is 0 Å². The van der Waals surface area contributed by atoms with Gasteiger partial charge in [0, 0.05) is 17.6 Å². The third-order valence-electron chi connectivity index (χ3n) is 3.71. The molecule has 5 heteroatoms. The number of carbonyl (C=O) groups is 1. The quantitative estimate of drug-likeness (QED) is 0.773. The van der Waals surface area contributed by atoms with E-state index in [9.17, 15) is 4.79 Å². The van der Waals surface area contributed by atoms with Crippen LogP contribution in [0.2, 0.25) is 0 Å². The molecule has 0 spiro atoms. The molecule has 0 aliphatic heterocycles. The standard InChI is InChI=1S/C19H19N3OS/c1-13-6-8-15(9-7-13)12-21-18(23)11-17-14(2)22-19(24-17)16-5-3-4-10-20-16/h3-10H,11-12H2,1-2H3,(H,21,23). The largest absolute Gasteiger partial charge is 0.352 e. The molecular weight excluding hydrogens is 318 g/mol. The van der Waals surface area contributed by atoms with E-state index in [0.29, 0.717) is 13.0 Å². The van der Waals surface area contributed by atoms with Crippen molar-refractivity contribution >= 4 is 17.2 Å². The zero-order valence-electron chi connectivity index (χ0n) is 13.7. The minimum Gasteiger partial charge on any atom is -0.352 e. The van der Waals surface area contributed by atoms with Gasteiger partial charge in [-0.1, -0.05) is 35.9 Å². The van der Waals surface area contributed by atoms with E-state index in [1.165, 1.54) is 16.9 Å². The summed E-state index contributed by atoms with van der Waals surface area (Å²) in [7, 11) is 0. The van der Waals surface area contributed by atoms with E-state index >= 15 is 0 Å². The van der Waals surface area contributed by atoms with Gasteiger partial charge < -0.3 is 5.32 Å². The Labute approximate surface area is 145 Å².